The van der Waals surface area contributed by atoms with Crippen LogP contribution in [0.2, 0.25) is 0 Å². The summed E-state index contributed by atoms with van der Waals surface area (Å²) in [7, 11) is 0. The number of hydrogen-bond donors (Lipinski definition) is 1. The van der Waals surface area contributed by atoms with Crippen molar-refractivity contribution in [2.24, 2.45) is 5.73 Å². The molecule has 0 aliphatic rings. The third-order valence-electron chi connectivity index (χ3n) is 3.01. The Hall–Kier alpha value is -1.26. The van der Waals surface area contributed by atoms with Gasteiger partial charge in [-0.2, -0.15) is 0 Å². The van der Waals surface area contributed by atoms with E-state index in [0.717, 1.165) is 40.1 Å². The van der Waals surface area contributed by atoms with Gasteiger partial charge in [0, 0.05) is 27.7 Å². The van der Waals surface area contributed by atoms with Crippen LogP contribution in [0.1, 0.15) is 31.8 Å². The number of aromatic nitrogens is 2. The van der Waals surface area contributed by atoms with Crippen LogP contribution in [-0.2, 0) is 6.42 Å². The van der Waals surface area contributed by atoms with E-state index in [1.54, 1.807) is 0 Å². The molecule has 2 rings (SSSR count). The van der Waals surface area contributed by atoms with Gasteiger partial charge in [-0.05, 0) is 45.4 Å². The molecule has 4 heteroatoms. The minimum atomic E-state index is -0.191. The number of nitrogens with two attached hydrogens (primary N) is 1. The maximum atomic E-state index is 6.03. The van der Waals surface area contributed by atoms with Gasteiger partial charge < -0.3 is 5.73 Å². The second-order valence-corrected chi connectivity index (χ2v) is 6.73. The van der Waals surface area contributed by atoms with Gasteiger partial charge in [-0.15, -0.1) is 0 Å². The lowest BCUT2D eigenvalue weighted by atomic mass is 10.00. The Morgan fingerprint density at radius 3 is 2.60 bits per heavy atom. The lowest BCUT2D eigenvalue weighted by molar-refractivity contribution is 0.470. The van der Waals surface area contributed by atoms with Gasteiger partial charge in [0.2, 0.25) is 0 Å². The van der Waals surface area contributed by atoms with Gasteiger partial charge in [0.05, 0.1) is 5.69 Å². The fraction of sp³-hybridized carbons (Fsp3) is 0.375. The Labute approximate surface area is 128 Å². The second-order valence-electron chi connectivity index (χ2n) is 5.81. The molecule has 2 aromatic rings. The first-order valence-corrected chi connectivity index (χ1v) is 7.52. The van der Waals surface area contributed by atoms with E-state index in [0.29, 0.717) is 0 Å². The maximum Gasteiger partial charge on any atom is 0.129 e. The molecule has 1 heterocycles. The summed E-state index contributed by atoms with van der Waals surface area (Å²) in [6, 6.07) is 10.2. The quantitative estimate of drug-likeness (QED) is 0.923. The molecule has 106 valence electrons. The zero-order valence-electron chi connectivity index (χ0n) is 12.2. The summed E-state index contributed by atoms with van der Waals surface area (Å²) in [6.45, 7) is 6.05. The Bertz CT molecular complexity index is 603. The van der Waals surface area contributed by atoms with E-state index >= 15 is 0 Å². The smallest absolute Gasteiger partial charge is 0.129 e. The van der Waals surface area contributed by atoms with Gasteiger partial charge in [-0.25, -0.2) is 9.97 Å². The molecule has 1 aromatic heterocycles. The third-order valence-corrected chi connectivity index (χ3v) is 3.51. The topological polar surface area (TPSA) is 51.8 Å². The van der Waals surface area contributed by atoms with E-state index in [1.807, 2.05) is 39.0 Å². The molecule has 0 bridgehead atoms. The predicted molar refractivity (Wildman–Crippen MR) is 86.5 cm³/mol. The third kappa shape index (κ3) is 4.39. The van der Waals surface area contributed by atoms with Gasteiger partial charge in [-0.3, -0.25) is 0 Å². The standard InChI is InChI=1S/C16H20BrN3/c1-11-9-14(12-5-4-6-13(17)10-12)20-15(19-11)7-8-16(2,3)18/h4-6,9-10H,7-8,18H2,1-3H3. The highest BCUT2D eigenvalue weighted by molar-refractivity contribution is 9.10. The molecule has 20 heavy (non-hydrogen) atoms. The van der Waals surface area contributed by atoms with E-state index in [-0.39, 0.29) is 5.54 Å². The molecular weight excluding hydrogens is 314 g/mol. The molecule has 0 radical (unpaired) electrons. The summed E-state index contributed by atoms with van der Waals surface area (Å²) in [5.41, 5.74) is 8.88. The fourth-order valence-corrected chi connectivity index (χ4v) is 2.37. The van der Waals surface area contributed by atoms with E-state index in [4.69, 9.17) is 5.73 Å². The molecule has 0 saturated carbocycles. The van der Waals surface area contributed by atoms with Crippen LogP contribution in [0.15, 0.2) is 34.8 Å². The molecular formula is C16H20BrN3. The van der Waals surface area contributed by atoms with Crippen LogP contribution in [0.4, 0.5) is 0 Å². The summed E-state index contributed by atoms with van der Waals surface area (Å²) < 4.78 is 1.05. The van der Waals surface area contributed by atoms with Crippen LogP contribution in [0.3, 0.4) is 0 Å². The largest absolute Gasteiger partial charge is 0.326 e. The highest BCUT2D eigenvalue weighted by atomic mass is 79.9. The molecule has 0 aliphatic carbocycles. The number of nitrogens with zero attached hydrogens (tertiary/aromatic N) is 2. The number of benzene rings is 1. The Morgan fingerprint density at radius 2 is 1.95 bits per heavy atom. The van der Waals surface area contributed by atoms with E-state index in [9.17, 15) is 0 Å². The Morgan fingerprint density at radius 1 is 1.20 bits per heavy atom. The first-order valence-electron chi connectivity index (χ1n) is 6.73. The van der Waals surface area contributed by atoms with Crippen molar-refractivity contribution in [3.05, 3.63) is 46.3 Å². The van der Waals surface area contributed by atoms with E-state index < -0.39 is 0 Å². The van der Waals surface area contributed by atoms with Crippen LogP contribution < -0.4 is 5.73 Å². The van der Waals surface area contributed by atoms with Crippen molar-refractivity contribution in [3.63, 3.8) is 0 Å². The van der Waals surface area contributed by atoms with Crippen LogP contribution in [0, 0.1) is 6.92 Å². The van der Waals surface area contributed by atoms with Gasteiger partial charge in [0.1, 0.15) is 5.82 Å². The molecule has 1 aromatic carbocycles. The van der Waals surface area contributed by atoms with Gasteiger partial charge >= 0.3 is 0 Å². The van der Waals surface area contributed by atoms with Crippen molar-refractivity contribution in [1.29, 1.82) is 0 Å². The van der Waals surface area contributed by atoms with Crippen LogP contribution in [0.25, 0.3) is 11.3 Å². The second kappa shape index (κ2) is 6.02. The summed E-state index contributed by atoms with van der Waals surface area (Å²) in [4.78, 5) is 9.17. The first kappa shape index (κ1) is 15.1. The van der Waals surface area contributed by atoms with E-state index in [2.05, 4.69) is 38.0 Å². The highest BCUT2D eigenvalue weighted by Gasteiger charge is 2.12. The summed E-state index contributed by atoms with van der Waals surface area (Å²) >= 11 is 3.49. The van der Waals surface area contributed by atoms with Crippen molar-refractivity contribution in [2.45, 2.75) is 39.2 Å². The summed E-state index contributed by atoms with van der Waals surface area (Å²) in [5, 5.41) is 0. The van der Waals surface area contributed by atoms with Crippen molar-refractivity contribution in [3.8, 4) is 11.3 Å². The number of rotatable bonds is 4. The number of halogens is 1. The molecule has 0 unspecified atom stereocenters. The lowest BCUT2D eigenvalue weighted by Gasteiger charge is -2.17. The number of hydrogen-bond acceptors (Lipinski definition) is 3. The lowest BCUT2D eigenvalue weighted by Crippen LogP contribution is -2.32. The predicted octanol–water partition coefficient (Wildman–Crippen LogP) is 3.88. The highest BCUT2D eigenvalue weighted by Crippen LogP contribution is 2.22. The molecule has 0 amide bonds. The molecule has 0 saturated heterocycles. The molecule has 0 aliphatic heterocycles. The molecule has 2 N–H and O–H groups in total. The fourth-order valence-electron chi connectivity index (χ4n) is 1.97. The van der Waals surface area contributed by atoms with Gasteiger partial charge in [-0.1, -0.05) is 28.1 Å². The van der Waals surface area contributed by atoms with Crippen molar-refractivity contribution >= 4 is 15.9 Å². The number of aryl methyl sites for hydroxylation is 2. The zero-order chi connectivity index (χ0) is 14.8. The van der Waals surface area contributed by atoms with Crippen LogP contribution in [0.5, 0.6) is 0 Å². The average molecular weight is 334 g/mol. The van der Waals surface area contributed by atoms with Crippen LogP contribution >= 0.6 is 15.9 Å². The summed E-state index contributed by atoms with van der Waals surface area (Å²) in [5.74, 6) is 0.860. The van der Waals surface area contributed by atoms with E-state index in [1.165, 1.54) is 0 Å². The minimum Gasteiger partial charge on any atom is -0.326 e. The van der Waals surface area contributed by atoms with Crippen molar-refractivity contribution in [2.75, 3.05) is 0 Å². The Kier molecular flexibility index (Phi) is 4.55. The molecule has 0 atom stereocenters. The average Bonchev–Trinajstić information content (AvgIpc) is 2.35. The van der Waals surface area contributed by atoms with Crippen molar-refractivity contribution < 1.29 is 0 Å². The van der Waals surface area contributed by atoms with Gasteiger partial charge in [0.25, 0.3) is 0 Å². The monoisotopic (exact) mass is 333 g/mol. The SMILES string of the molecule is Cc1cc(-c2cccc(Br)c2)nc(CCC(C)(C)N)n1. The molecule has 0 fully saturated rings. The summed E-state index contributed by atoms with van der Waals surface area (Å²) in [6.07, 6.45) is 1.67. The van der Waals surface area contributed by atoms with Crippen LogP contribution in [-0.4, -0.2) is 15.5 Å². The molecule has 3 nitrogen and oxygen atoms in total. The minimum absolute atomic E-state index is 0.191. The van der Waals surface area contributed by atoms with Crippen molar-refractivity contribution in [1.82, 2.24) is 9.97 Å². The first-order chi connectivity index (χ1) is 9.33. The zero-order valence-corrected chi connectivity index (χ0v) is 13.7. The maximum absolute atomic E-state index is 6.03. The Balaban J connectivity index is 2.29. The molecule has 0 spiro atoms. The normalized spacial score (nSPS) is 11.7. The van der Waals surface area contributed by atoms with Gasteiger partial charge in [0.15, 0.2) is 0 Å².